The van der Waals surface area contributed by atoms with Crippen LogP contribution in [-0.4, -0.2) is 27.7 Å². The van der Waals surface area contributed by atoms with Crippen molar-refractivity contribution >= 4 is 34.1 Å². The van der Waals surface area contributed by atoms with E-state index < -0.39 is 17.2 Å². The number of amides is 2. The monoisotopic (exact) mass is 362 g/mol. The topological polar surface area (TPSA) is 58.1 Å². The fraction of sp³-hybridized carbons (Fsp3) is 0.308. The van der Waals surface area contributed by atoms with E-state index in [2.05, 4.69) is 15.5 Å². The number of benzene rings is 1. The lowest BCUT2D eigenvalue weighted by Crippen LogP contribution is -2.38. The molecule has 0 unspecified atom stereocenters. The zero-order chi connectivity index (χ0) is 16.6. The molecule has 2 heterocycles. The third kappa shape index (κ3) is 3.56. The van der Waals surface area contributed by atoms with E-state index in [9.17, 15) is 18.0 Å². The van der Waals surface area contributed by atoms with Crippen LogP contribution < -0.4 is 5.32 Å². The van der Waals surface area contributed by atoms with Crippen molar-refractivity contribution in [3.05, 3.63) is 39.4 Å². The number of anilines is 1. The van der Waals surface area contributed by atoms with Crippen molar-refractivity contribution in [2.75, 3.05) is 11.9 Å². The lowest BCUT2D eigenvalue weighted by atomic mass is 10.0. The average Bonchev–Trinajstić information content (AvgIpc) is 2.95. The molecule has 3 rings (SSSR count). The molecule has 1 aliphatic heterocycles. The molecule has 0 aliphatic carbocycles. The number of aromatic nitrogens is 2. The molecule has 0 radical (unpaired) electrons. The fourth-order valence-electron chi connectivity index (χ4n) is 2.25. The number of nitrogens with zero attached hydrogens (tertiary/aromatic N) is 3. The molecule has 0 fully saturated rings. The van der Waals surface area contributed by atoms with Crippen LogP contribution >= 0.6 is 22.9 Å². The Bertz CT molecular complexity index is 749. The maximum atomic E-state index is 12.5. The van der Waals surface area contributed by atoms with Crippen molar-refractivity contribution in [1.82, 2.24) is 15.1 Å². The lowest BCUT2D eigenvalue weighted by molar-refractivity contribution is -0.138. The van der Waals surface area contributed by atoms with Crippen LogP contribution in [0, 0.1) is 0 Å². The number of urea groups is 1. The molecule has 2 aromatic rings. The molecule has 0 spiro atoms. The number of halogens is 4. The van der Waals surface area contributed by atoms with E-state index in [-0.39, 0.29) is 5.13 Å². The van der Waals surface area contributed by atoms with Gasteiger partial charge >= 0.3 is 12.2 Å². The largest absolute Gasteiger partial charge is 0.445 e. The van der Waals surface area contributed by atoms with E-state index in [4.69, 9.17) is 11.6 Å². The highest BCUT2D eigenvalue weighted by Crippen LogP contribution is 2.33. The Morgan fingerprint density at radius 3 is 2.78 bits per heavy atom. The molecule has 122 valence electrons. The zero-order valence-corrected chi connectivity index (χ0v) is 13.1. The van der Waals surface area contributed by atoms with Gasteiger partial charge in [0.2, 0.25) is 10.1 Å². The minimum Gasteiger partial charge on any atom is -0.320 e. The van der Waals surface area contributed by atoms with Crippen LogP contribution in [0.15, 0.2) is 18.2 Å². The molecule has 1 aliphatic rings. The Morgan fingerprint density at radius 1 is 1.30 bits per heavy atom. The Morgan fingerprint density at radius 2 is 2.09 bits per heavy atom. The summed E-state index contributed by atoms with van der Waals surface area (Å²) < 4.78 is 37.4. The first-order valence-electron chi connectivity index (χ1n) is 6.57. The molecule has 1 aromatic heterocycles. The van der Waals surface area contributed by atoms with Gasteiger partial charge in [0.1, 0.15) is 0 Å². The summed E-state index contributed by atoms with van der Waals surface area (Å²) in [6, 6.07) is 4.92. The Kier molecular flexibility index (Phi) is 4.15. The predicted molar refractivity (Wildman–Crippen MR) is 79.5 cm³/mol. The summed E-state index contributed by atoms with van der Waals surface area (Å²) in [7, 11) is 0. The van der Waals surface area contributed by atoms with Gasteiger partial charge in [0.25, 0.3) is 0 Å². The van der Waals surface area contributed by atoms with Crippen molar-refractivity contribution in [2.45, 2.75) is 19.1 Å². The molecule has 0 saturated heterocycles. The van der Waals surface area contributed by atoms with Crippen LogP contribution in [0.2, 0.25) is 5.02 Å². The van der Waals surface area contributed by atoms with E-state index in [1.54, 1.807) is 6.07 Å². The highest BCUT2D eigenvalue weighted by Gasteiger charge is 2.36. The van der Waals surface area contributed by atoms with Crippen LogP contribution in [0.4, 0.5) is 23.1 Å². The number of hydrogen-bond donors (Lipinski definition) is 1. The quantitative estimate of drug-likeness (QED) is 0.839. The van der Waals surface area contributed by atoms with Crippen LogP contribution in [0.25, 0.3) is 0 Å². The van der Waals surface area contributed by atoms with Crippen molar-refractivity contribution in [2.24, 2.45) is 0 Å². The van der Waals surface area contributed by atoms with Gasteiger partial charge in [-0.15, -0.1) is 10.2 Å². The van der Waals surface area contributed by atoms with Crippen molar-refractivity contribution in [3.63, 3.8) is 0 Å². The Labute approximate surface area is 138 Å². The summed E-state index contributed by atoms with van der Waals surface area (Å²) in [5, 5.41) is 8.09. The Balaban J connectivity index is 1.68. The lowest BCUT2D eigenvalue weighted by Gasteiger charge is -2.28. The third-order valence-electron chi connectivity index (χ3n) is 3.35. The van der Waals surface area contributed by atoms with Gasteiger partial charge in [0.05, 0.1) is 0 Å². The first kappa shape index (κ1) is 16.0. The number of alkyl halides is 3. The second-order valence-corrected chi connectivity index (χ2v) is 6.34. The van der Waals surface area contributed by atoms with Gasteiger partial charge < -0.3 is 4.90 Å². The molecule has 23 heavy (non-hydrogen) atoms. The number of nitrogens with one attached hydrogen (secondary N) is 1. The van der Waals surface area contributed by atoms with Gasteiger partial charge in [-0.25, -0.2) is 4.79 Å². The normalized spacial score (nSPS) is 14.5. The highest BCUT2D eigenvalue weighted by atomic mass is 35.5. The minimum absolute atomic E-state index is 0.177. The van der Waals surface area contributed by atoms with Gasteiger partial charge in [-0.05, 0) is 29.7 Å². The summed E-state index contributed by atoms with van der Waals surface area (Å²) in [6.45, 7) is 0.813. The summed E-state index contributed by atoms with van der Waals surface area (Å²) in [5.74, 6) is 0. The van der Waals surface area contributed by atoms with Crippen LogP contribution in [0.3, 0.4) is 0 Å². The van der Waals surface area contributed by atoms with Crippen molar-refractivity contribution in [1.29, 1.82) is 0 Å². The van der Waals surface area contributed by atoms with Gasteiger partial charge in [-0.3, -0.25) is 5.32 Å². The minimum atomic E-state index is -4.57. The van der Waals surface area contributed by atoms with Crippen molar-refractivity contribution in [3.8, 4) is 0 Å². The number of rotatable bonds is 1. The molecule has 5 nitrogen and oxygen atoms in total. The first-order valence-corrected chi connectivity index (χ1v) is 7.76. The molecule has 0 atom stereocenters. The zero-order valence-electron chi connectivity index (χ0n) is 11.5. The van der Waals surface area contributed by atoms with E-state index in [1.165, 1.54) is 4.90 Å². The third-order valence-corrected chi connectivity index (χ3v) is 4.47. The Hall–Kier alpha value is -1.87. The summed E-state index contributed by atoms with van der Waals surface area (Å²) in [5.41, 5.74) is 2.03. The number of fused-ring (bicyclic) bond motifs is 1. The molecule has 0 saturated carbocycles. The standard InChI is InChI=1S/C13H10ClF3N4OS/c14-9-2-1-8-6-21(4-3-7(8)5-9)12(22)18-11-20-19-10(23-11)13(15,16)17/h1-2,5H,3-4,6H2,(H,18,20,22). The van der Waals surface area contributed by atoms with E-state index in [1.807, 2.05) is 12.1 Å². The number of carbonyl (C=O) groups is 1. The van der Waals surface area contributed by atoms with E-state index in [0.29, 0.717) is 35.9 Å². The van der Waals surface area contributed by atoms with Gasteiger partial charge in [0.15, 0.2) is 0 Å². The second-order valence-electron chi connectivity index (χ2n) is 4.92. The average molecular weight is 363 g/mol. The maximum absolute atomic E-state index is 12.5. The van der Waals surface area contributed by atoms with Gasteiger partial charge in [-0.2, -0.15) is 13.2 Å². The maximum Gasteiger partial charge on any atom is 0.445 e. The van der Waals surface area contributed by atoms with Gasteiger partial charge in [0, 0.05) is 18.1 Å². The van der Waals surface area contributed by atoms with Crippen LogP contribution in [-0.2, 0) is 19.1 Å². The first-order chi connectivity index (χ1) is 10.8. The molecular weight excluding hydrogens is 353 g/mol. The SMILES string of the molecule is O=C(Nc1nnc(C(F)(F)F)s1)N1CCc2cc(Cl)ccc2C1. The molecule has 1 aromatic carbocycles. The molecule has 1 N–H and O–H groups in total. The summed E-state index contributed by atoms with van der Waals surface area (Å²) in [6.07, 6.45) is -3.93. The van der Waals surface area contributed by atoms with Crippen LogP contribution in [0.1, 0.15) is 16.1 Å². The molecule has 0 bridgehead atoms. The molecule has 10 heteroatoms. The highest BCUT2D eigenvalue weighted by molar-refractivity contribution is 7.15. The van der Waals surface area contributed by atoms with E-state index in [0.717, 1.165) is 11.1 Å². The van der Waals surface area contributed by atoms with Crippen molar-refractivity contribution < 1.29 is 18.0 Å². The second kappa shape index (κ2) is 5.97. The summed E-state index contributed by atoms with van der Waals surface area (Å²) >= 11 is 6.22. The number of hydrogen-bond acceptors (Lipinski definition) is 4. The fourth-order valence-corrected chi connectivity index (χ4v) is 3.05. The van der Waals surface area contributed by atoms with E-state index >= 15 is 0 Å². The smallest absolute Gasteiger partial charge is 0.320 e. The van der Waals surface area contributed by atoms with Crippen LogP contribution in [0.5, 0.6) is 0 Å². The molecule has 2 amide bonds. The number of carbonyl (C=O) groups excluding carboxylic acids is 1. The summed E-state index contributed by atoms with van der Waals surface area (Å²) in [4.78, 5) is 13.7. The predicted octanol–water partition coefficient (Wildman–Crippen LogP) is 3.80. The van der Waals surface area contributed by atoms with Gasteiger partial charge in [-0.1, -0.05) is 29.0 Å². The molecular formula is C13H10ClF3N4OS.